The first-order chi connectivity index (χ1) is 18.4. The van der Waals surface area contributed by atoms with E-state index in [1.165, 1.54) is 69.3 Å². The Bertz CT molecular complexity index is 1360. The summed E-state index contributed by atoms with van der Waals surface area (Å²) in [5, 5.41) is 0. The third-order valence-corrected chi connectivity index (χ3v) is 8.05. The van der Waals surface area contributed by atoms with Gasteiger partial charge in [-0.15, -0.1) is 0 Å². The average molecular weight is 503 g/mol. The number of benzene rings is 4. The Hall–Kier alpha value is -3.32. The Kier molecular flexibility index (Phi) is 8.03. The maximum absolute atomic E-state index is 6.16. The van der Waals surface area contributed by atoms with Crippen LogP contribution in [-0.2, 0) is 0 Å². The average Bonchev–Trinajstić information content (AvgIpc) is 3.23. The van der Waals surface area contributed by atoms with Crippen molar-refractivity contribution >= 4 is 0 Å². The molecule has 0 heterocycles. The summed E-state index contributed by atoms with van der Waals surface area (Å²) in [6.07, 6.45) is 5.06. The number of hydrogen-bond donors (Lipinski definition) is 0. The molecule has 196 valence electrons. The van der Waals surface area contributed by atoms with Crippen LogP contribution in [0.1, 0.15) is 80.2 Å². The van der Waals surface area contributed by atoms with Gasteiger partial charge >= 0.3 is 0 Å². The van der Waals surface area contributed by atoms with Crippen molar-refractivity contribution in [3.63, 3.8) is 0 Å². The van der Waals surface area contributed by atoms with Crippen LogP contribution in [0.2, 0.25) is 0 Å². The van der Waals surface area contributed by atoms with Gasteiger partial charge in [0, 0.05) is 5.92 Å². The van der Waals surface area contributed by atoms with Crippen molar-refractivity contribution in [2.45, 2.75) is 66.2 Å². The Morgan fingerprint density at radius 2 is 1.37 bits per heavy atom. The molecule has 1 aliphatic carbocycles. The predicted octanol–water partition coefficient (Wildman–Crippen LogP) is 10.4. The van der Waals surface area contributed by atoms with Crippen LogP contribution >= 0.6 is 0 Å². The fourth-order valence-electron chi connectivity index (χ4n) is 6.14. The summed E-state index contributed by atoms with van der Waals surface area (Å²) in [6.45, 7) is 12.1. The van der Waals surface area contributed by atoms with E-state index < -0.39 is 0 Å². The molecule has 4 aromatic rings. The van der Waals surface area contributed by atoms with Crippen LogP contribution in [0.25, 0.3) is 22.3 Å². The molecule has 38 heavy (non-hydrogen) atoms. The van der Waals surface area contributed by atoms with Gasteiger partial charge < -0.3 is 4.74 Å². The molecule has 1 heteroatoms. The highest BCUT2D eigenvalue weighted by atomic mass is 16.5. The summed E-state index contributed by atoms with van der Waals surface area (Å²) in [5.41, 5.74) is 12.1. The van der Waals surface area contributed by atoms with Gasteiger partial charge in [-0.1, -0.05) is 124 Å². The molecule has 1 aliphatic rings. The normalized spacial score (nSPS) is 14.8. The lowest BCUT2D eigenvalue weighted by atomic mass is 9.88. The van der Waals surface area contributed by atoms with E-state index in [0.717, 1.165) is 24.7 Å². The topological polar surface area (TPSA) is 9.23 Å². The zero-order valence-corrected chi connectivity index (χ0v) is 23.8. The van der Waals surface area contributed by atoms with Crippen LogP contribution < -0.4 is 4.74 Å². The molecule has 0 saturated carbocycles. The molecule has 2 unspecified atom stereocenters. The minimum absolute atomic E-state index is 0.238. The standard InChI is InChI=1S/C37H42O/c1-25(2)10-8-11-26(3)20-21-38-31-18-16-29(17-19-31)36-33-12-6-7-13-34(33)37-32(14-9-15-35(36)37)30-23-27(4)22-28(5)24-30/h6-7,9,12-19,22-26,36H,8,10-11,20-21H2,1-5H3. The summed E-state index contributed by atoms with van der Waals surface area (Å²) >= 11 is 0. The second-order valence-electron chi connectivity index (χ2n) is 11.8. The smallest absolute Gasteiger partial charge is 0.119 e. The number of aryl methyl sites for hydroxylation is 2. The van der Waals surface area contributed by atoms with Crippen molar-refractivity contribution in [2.75, 3.05) is 6.61 Å². The van der Waals surface area contributed by atoms with Crippen molar-refractivity contribution in [3.8, 4) is 28.0 Å². The molecule has 4 aromatic carbocycles. The van der Waals surface area contributed by atoms with Gasteiger partial charge in [-0.25, -0.2) is 0 Å². The third kappa shape index (κ3) is 5.73. The number of fused-ring (bicyclic) bond motifs is 3. The van der Waals surface area contributed by atoms with E-state index >= 15 is 0 Å². The van der Waals surface area contributed by atoms with Crippen LogP contribution in [0.3, 0.4) is 0 Å². The molecule has 0 aliphatic heterocycles. The van der Waals surface area contributed by atoms with Gasteiger partial charge in [0.15, 0.2) is 0 Å². The second kappa shape index (κ2) is 11.6. The minimum atomic E-state index is 0.238. The van der Waals surface area contributed by atoms with E-state index in [4.69, 9.17) is 4.74 Å². The highest BCUT2D eigenvalue weighted by Crippen LogP contribution is 2.51. The molecular formula is C37H42O. The summed E-state index contributed by atoms with van der Waals surface area (Å²) in [6, 6.07) is 31.5. The van der Waals surface area contributed by atoms with Crippen LogP contribution in [-0.4, -0.2) is 6.61 Å². The van der Waals surface area contributed by atoms with Crippen LogP contribution in [0, 0.1) is 25.7 Å². The Morgan fingerprint density at radius 3 is 2.11 bits per heavy atom. The fourth-order valence-corrected chi connectivity index (χ4v) is 6.14. The third-order valence-electron chi connectivity index (χ3n) is 8.05. The Balaban J connectivity index is 1.37. The summed E-state index contributed by atoms with van der Waals surface area (Å²) in [5.74, 6) is 2.72. The summed E-state index contributed by atoms with van der Waals surface area (Å²) in [7, 11) is 0. The monoisotopic (exact) mass is 502 g/mol. The molecular weight excluding hydrogens is 460 g/mol. The summed E-state index contributed by atoms with van der Waals surface area (Å²) in [4.78, 5) is 0. The molecule has 0 amide bonds. The van der Waals surface area contributed by atoms with Gasteiger partial charge in [-0.05, 0) is 83.2 Å². The molecule has 0 spiro atoms. The number of ether oxygens (including phenoxy) is 1. The van der Waals surface area contributed by atoms with Crippen LogP contribution in [0.5, 0.6) is 5.75 Å². The number of rotatable bonds is 10. The second-order valence-corrected chi connectivity index (χ2v) is 11.8. The zero-order valence-electron chi connectivity index (χ0n) is 23.8. The maximum atomic E-state index is 6.16. The SMILES string of the molecule is Cc1cc(C)cc(-c2cccc3c2-c2ccccc2C3c2ccc(OCCC(C)CCCC(C)C)cc2)c1. The minimum Gasteiger partial charge on any atom is -0.494 e. The van der Waals surface area contributed by atoms with Crippen molar-refractivity contribution in [2.24, 2.45) is 11.8 Å². The van der Waals surface area contributed by atoms with Crippen molar-refractivity contribution < 1.29 is 4.74 Å². The van der Waals surface area contributed by atoms with Crippen molar-refractivity contribution in [1.82, 2.24) is 0 Å². The summed E-state index contributed by atoms with van der Waals surface area (Å²) < 4.78 is 6.16. The largest absolute Gasteiger partial charge is 0.494 e. The Labute approximate surface area is 229 Å². The van der Waals surface area contributed by atoms with E-state index in [1.807, 2.05) is 0 Å². The number of hydrogen-bond acceptors (Lipinski definition) is 1. The molecule has 5 rings (SSSR count). The first-order valence-corrected chi connectivity index (χ1v) is 14.4. The quantitative estimate of drug-likeness (QED) is 0.184. The van der Waals surface area contributed by atoms with E-state index in [-0.39, 0.29) is 5.92 Å². The molecule has 0 radical (unpaired) electrons. The van der Waals surface area contributed by atoms with Crippen LogP contribution in [0.4, 0.5) is 0 Å². The lowest BCUT2D eigenvalue weighted by Gasteiger charge is -2.17. The maximum Gasteiger partial charge on any atom is 0.119 e. The highest BCUT2D eigenvalue weighted by Gasteiger charge is 2.31. The lowest BCUT2D eigenvalue weighted by Crippen LogP contribution is -2.05. The molecule has 0 N–H and O–H groups in total. The molecule has 0 fully saturated rings. The van der Waals surface area contributed by atoms with Gasteiger partial charge in [-0.3, -0.25) is 0 Å². The molecule has 0 saturated heterocycles. The van der Waals surface area contributed by atoms with Gasteiger partial charge in [-0.2, -0.15) is 0 Å². The van der Waals surface area contributed by atoms with E-state index in [0.29, 0.717) is 5.92 Å². The van der Waals surface area contributed by atoms with E-state index in [9.17, 15) is 0 Å². The molecule has 2 atom stereocenters. The van der Waals surface area contributed by atoms with Crippen molar-refractivity contribution in [3.05, 3.63) is 113 Å². The highest BCUT2D eigenvalue weighted by molar-refractivity contribution is 5.92. The van der Waals surface area contributed by atoms with E-state index in [1.54, 1.807) is 0 Å². The molecule has 0 bridgehead atoms. The van der Waals surface area contributed by atoms with Crippen LogP contribution in [0.15, 0.2) is 84.9 Å². The molecule has 1 nitrogen and oxygen atoms in total. The molecule has 0 aromatic heterocycles. The fraction of sp³-hybridized carbons (Fsp3) is 0.351. The predicted molar refractivity (Wildman–Crippen MR) is 162 cm³/mol. The lowest BCUT2D eigenvalue weighted by molar-refractivity contribution is 0.275. The van der Waals surface area contributed by atoms with Gasteiger partial charge in [0.25, 0.3) is 0 Å². The first kappa shape index (κ1) is 26.3. The zero-order chi connectivity index (χ0) is 26.6. The van der Waals surface area contributed by atoms with E-state index in [2.05, 4.69) is 120 Å². The van der Waals surface area contributed by atoms with Gasteiger partial charge in [0.1, 0.15) is 5.75 Å². The Morgan fingerprint density at radius 1 is 0.684 bits per heavy atom. The van der Waals surface area contributed by atoms with Gasteiger partial charge in [0.2, 0.25) is 0 Å². The van der Waals surface area contributed by atoms with Crippen molar-refractivity contribution in [1.29, 1.82) is 0 Å². The first-order valence-electron chi connectivity index (χ1n) is 14.4. The van der Waals surface area contributed by atoms with Gasteiger partial charge in [0.05, 0.1) is 6.61 Å².